The molecule has 1 heterocycles. The van der Waals surface area contributed by atoms with Crippen LogP contribution in [0.4, 0.5) is 5.69 Å². The summed E-state index contributed by atoms with van der Waals surface area (Å²) in [5.74, 6) is -0.0642. The lowest BCUT2D eigenvalue weighted by Crippen LogP contribution is -2.35. The second kappa shape index (κ2) is 5.37. The number of rotatable bonds is 3. The highest BCUT2D eigenvalue weighted by molar-refractivity contribution is 5.96. The first-order valence-electron chi connectivity index (χ1n) is 5.97. The SMILES string of the molecule is COC1CNC(C(=O)Nc2cc(C)ccc2O)C1. The molecule has 2 rings (SSSR count). The lowest BCUT2D eigenvalue weighted by molar-refractivity contribution is -0.118. The molecule has 3 N–H and O–H groups in total. The van der Waals surface area contributed by atoms with Gasteiger partial charge in [0, 0.05) is 13.7 Å². The molecule has 1 aromatic rings. The van der Waals surface area contributed by atoms with Crippen LogP contribution in [0.2, 0.25) is 0 Å². The van der Waals surface area contributed by atoms with E-state index in [1.165, 1.54) is 0 Å². The molecule has 5 heteroatoms. The Kier molecular flexibility index (Phi) is 3.84. The summed E-state index contributed by atoms with van der Waals surface area (Å²) in [6.45, 7) is 2.58. The van der Waals surface area contributed by atoms with E-state index in [0.717, 1.165) is 5.56 Å². The van der Waals surface area contributed by atoms with Gasteiger partial charge in [-0.15, -0.1) is 0 Å². The number of hydrogen-bond donors (Lipinski definition) is 3. The van der Waals surface area contributed by atoms with Crippen LogP contribution in [0.25, 0.3) is 0 Å². The number of carbonyl (C=O) groups is 1. The molecule has 2 atom stereocenters. The van der Waals surface area contributed by atoms with E-state index in [9.17, 15) is 9.90 Å². The van der Waals surface area contributed by atoms with Crippen molar-refractivity contribution < 1.29 is 14.6 Å². The fraction of sp³-hybridized carbons (Fsp3) is 0.462. The van der Waals surface area contributed by atoms with Gasteiger partial charge in [0.2, 0.25) is 5.91 Å². The van der Waals surface area contributed by atoms with Gasteiger partial charge in [0.05, 0.1) is 17.8 Å². The van der Waals surface area contributed by atoms with E-state index in [4.69, 9.17) is 4.74 Å². The number of methoxy groups -OCH3 is 1. The third-order valence-electron chi connectivity index (χ3n) is 3.15. The number of amides is 1. The van der Waals surface area contributed by atoms with Crippen LogP contribution in [0.1, 0.15) is 12.0 Å². The monoisotopic (exact) mass is 250 g/mol. The minimum Gasteiger partial charge on any atom is -0.506 e. The summed E-state index contributed by atoms with van der Waals surface area (Å²) >= 11 is 0. The number of phenolic OH excluding ortho intramolecular Hbond substituents is 1. The Balaban J connectivity index is 2.01. The van der Waals surface area contributed by atoms with Crippen LogP contribution in [0.15, 0.2) is 18.2 Å². The first kappa shape index (κ1) is 12.9. The highest BCUT2D eigenvalue weighted by Crippen LogP contribution is 2.24. The maximum atomic E-state index is 12.0. The van der Waals surface area contributed by atoms with E-state index in [2.05, 4.69) is 10.6 Å². The van der Waals surface area contributed by atoms with Gasteiger partial charge < -0.3 is 20.5 Å². The Hall–Kier alpha value is -1.59. The zero-order valence-electron chi connectivity index (χ0n) is 10.6. The molecule has 0 saturated carbocycles. The standard InChI is InChI=1S/C13H18N2O3/c1-8-3-4-12(16)10(5-8)15-13(17)11-6-9(18-2)7-14-11/h3-5,9,11,14,16H,6-7H2,1-2H3,(H,15,17). The second-order valence-corrected chi connectivity index (χ2v) is 4.56. The molecule has 98 valence electrons. The zero-order valence-corrected chi connectivity index (χ0v) is 10.6. The molecule has 0 radical (unpaired) electrons. The predicted octanol–water partition coefficient (Wildman–Crippen LogP) is 1.02. The number of benzene rings is 1. The lowest BCUT2D eigenvalue weighted by Gasteiger charge is -2.12. The maximum Gasteiger partial charge on any atom is 0.241 e. The van der Waals surface area contributed by atoms with Crippen LogP contribution in [0.5, 0.6) is 5.75 Å². The second-order valence-electron chi connectivity index (χ2n) is 4.56. The molecule has 0 aromatic heterocycles. The summed E-state index contributed by atoms with van der Waals surface area (Å²) in [6, 6.07) is 4.84. The number of aryl methyl sites for hydroxylation is 1. The van der Waals surface area contributed by atoms with Crippen molar-refractivity contribution in [3.8, 4) is 5.75 Å². The predicted molar refractivity (Wildman–Crippen MR) is 68.7 cm³/mol. The van der Waals surface area contributed by atoms with Crippen LogP contribution in [-0.2, 0) is 9.53 Å². The number of hydrogen-bond acceptors (Lipinski definition) is 4. The Morgan fingerprint density at radius 1 is 1.56 bits per heavy atom. The highest BCUT2D eigenvalue weighted by Gasteiger charge is 2.29. The van der Waals surface area contributed by atoms with Crippen molar-refractivity contribution in [2.75, 3.05) is 19.0 Å². The van der Waals surface area contributed by atoms with Gasteiger partial charge in [0.15, 0.2) is 0 Å². The van der Waals surface area contributed by atoms with Gasteiger partial charge in [0.25, 0.3) is 0 Å². The summed E-state index contributed by atoms with van der Waals surface area (Å²) in [7, 11) is 1.64. The van der Waals surface area contributed by atoms with Crippen molar-refractivity contribution in [3.63, 3.8) is 0 Å². The molecule has 1 fully saturated rings. The van der Waals surface area contributed by atoms with E-state index in [1.54, 1.807) is 25.3 Å². The fourth-order valence-corrected chi connectivity index (χ4v) is 2.05. The summed E-state index contributed by atoms with van der Waals surface area (Å²) in [5.41, 5.74) is 1.43. The van der Waals surface area contributed by atoms with Gasteiger partial charge in [-0.3, -0.25) is 4.79 Å². The van der Waals surface area contributed by atoms with Crippen molar-refractivity contribution in [3.05, 3.63) is 23.8 Å². The number of ether oxygens (including phenoxy) is 1. The fourth-order valence-electron chi connectivity index (χ4n) is 2.05. The van der Waals surface area contributed by atoms with E-state index < -0.39 is 0 Å². The van der Waals surface area contributed by atoms with Crippen LogP contribution in [0, 0.1) is 6.92 Å². The molecule has 18 heavy (non-hydrogen) atoms. The molecule has 0 spiro atoms. The molecule has 1 aliphatic heterocycles. The molecule has 1 saturated heterocycles. The molecular weight excluding hydrogens is 232 g/mol. The summed E-state index contributed by atoms with van der Waals surface area (Å²) in [4.78, 5) is 12.0. The minimum absolute atomic E-state index is 0.0758. The number of phenols is 1. The van der Waals surface area contributed by atoms with E-state index >= 15 is 0 Å². The van der Waals surface area contributed by atoms with Crippen molar-refractivity contribution in [2.45, 2.75) is 25.5 Å². The summed E-state index contributed by atoms with van der Waals surface area (Å²) < 4.78 is 5.19. The van der Waals surface area contributed by atoms with E-state index in [-0.39, 0.29) is 23.8 Å². The smallest absolute Gasteiger partial charge is 0.241 e. The lowest BCUT2D eigenvalue weighted by atomic mass is 10.1. The van der Waals surface area contributed by atoms with Crippen LogP contribution in [0.3, 0.4) is 0 Å². The van der Waals surface area contributed by atoms with Crippen molar-refractivity contribution in [2.24, 2.45) is 0 Å². The van der Waals surface area contributed by atoms with E-state index in [0.29, 0.717) is 18.7 Å². The van der Waals surface area contributed by atoms with Crippen LogP contribution < -0.4 is 10.6 Å². The van der Waals surface area contributed by atoms with Gasteiger partial charge >= 0.3 is 0 Å². The minimum atomic E-state index is -0.269. The quantitative estimate of drug-likeness (QED) is 0.700. The van der Waals surface area contributed by atoms with Crippen molar-refractivity contribution in [1.29, 1.82) is 0 Å². The van der Waals surface area contributed by atoms with Crippen LogP contribution in [-0.4, -0.2) is 36.8 Å². The van der Waals surface area contributed by atoms with Crippen molar-refractivity contribution >= 4 is 11.6 Å². The number of carbonyl (C=O) groups excluding carboxylic acids is 1. The topological polar surface area (TPSA) is 70.6 Å². The van der Waals surface area contributed by atoms with E-state index in [1.807, 2.05) is 6.92 Å². The van der Waals surface area contributed by atoms with Gasteiger partial charge in [-0.1, -0.05) is 6.07 Å². The number of aromatic hydroxyl groups is 1. The molecule has 2 unspecified atom stereocenters. The zero-order chi connectivity index (χ0) is 13.1. The normalized spacial score (nSPS) is 23.0. The van der Waals surface area contributed by atoms with Gasteiger partial charge in [-0.05, 0) is 31.0 Å². The highest BCUT2D eigenvalue weighted by atomic mass is 16.5. The molecular formula is C13H18N2O3. The average molecular weight is 250 g/mol. The Labute approximate surface area is 106 Å². The molecule has 0 aliphatic carbocycles. The number of nitrogens with one attached hydrogen (secondary N) is 2. The third kappa shape index (κ3) is 2.80. The molecule has 0 bridgehead atoms. The van der Waals surface area contributed by atoms with Gasteiger partial charge in [-0.2, -0.15) is 0 Å². The first-order chi connectivity index (χ1) is 8.60. The first-order valence-corrected chi connectivity index (χ1v) is 5.97. The van der Waals surface area contributed by atoms with Crippen molar-refractivity contribution in [1.82, 2.24) is 5.32 Å². The summed E-state index contributed by atoms with van der Waals surface area (Å²) in [5, 5.41) is 15.5. The Morgan fingerprint density at radius 3 is 3.00 bits per heavy atom. The molecule has 1 aromatic carbocycles. The largest absolute Gasteiger partial charge is 0.506 e. The van der Waals surface area contributed by atoms with Gasteiger partial charge in [0.1, 0.15) is 5.75 Å². The Morgan fingerprint density at radius 2 is 2.33 bits per heavy atom. The third-order valence-corrected chi connectivity index (χ3v) is 3.15. The average Bonchev–Trinajstić information content (AvgIpc) is 2.82. The number of anilines is 1. The van der Waals surface area contributed by atoms with Crippen LogP contribution >= 0.6 is 0 Å². The molecule has 1 amide bonds. The molecule has 1 aliphatic rings. The summed E-state index contributed by atoms with van der Waals surface area (Å²) in [6.07, 6.45) is 0.724. The maximum absolute atomic E-state index is 12.0. The van der Waals surface area contributed by atoms with Gasteiger partial charge in [-0.25, -0.2) is 0 Å². The Bertz CT molecular complexity index is 448. The molecule has 5 nitrogen and oxygen atoms in total.